The molecular formula is C11H26N2S. The molecule has 3 heteroatoms. The lowest BCUT2D eigenvalue weighted by atomic mass is 10.4. The summed E-state index contributed by atoms with van der Waals surface area (Å²) in [5.41, 5.74) is 0. The van der Waals surface area contributed by atoms with Gasteiger partial charge in [-0.1, -0.05) is 20.8 Å². The predicted octanol–water partition coefficient (Wildman–Crippen LogP) is 2.06. The normalized spacial score (nSPS) is 11.6. The number of nitrogens with one attached hydrogen (secondary N) is 1. The first kappa shape index (κ1) is 14.3. The minimum atomic E-state index is 0.610. The van der Waals surface area contributed by atoms with Crippen molar-refractivity contribution in [2.45, 2.75) is 33.2 Å². The van der Waals surface area contributed by atoms with Crippen LogP contribution in [0.2, 0.25) is 0 Å². The third-order valence-electron chi connectivity index (χ3n) is 2.08. The first-order valence-corrected chi connectivity index (χ1v) is 6.82. The molecule has 0 aliphatic rings. The number of thioether (sulfide) groups is 1. The molecule has 0 rings (SSSR count). The maximum atomic E-state index is 3.43. The van der Waals surface area contributed by atoms with Gasteiger partial charge in [-0.15, -0.1) is 0 Å². The van der Waals surface area contributed by atoms with Crippen LogP contribution in [0, 0.1) is 0 Å². The SMILES string of the molecule is CCSCCCN(C)CCNC(C)C. The monoisotopic (exact) mass is 218 g/mol. The molecule has 14 heavy (non-hydrogen) atoms. The Morgan fingerprint density at radius 1 is 1.29 bits per heavy atom. The maximum absolute atomic E-state index is 3.43. The van der Waals surface area contributed by atoms with E-state index in [1.165, 1.54) is 24.5 Å². The Labute approximate surface area is 93.8 Å². The van der Waals surface area contributed by atoms with Crippen molar-refractivity contribution in [3.05, 3.63) is 0 Å². The molecule has 86 valence electrons. The van der Waals surface area contributed by atoms with E-state index in [-0.39, 0.29) is 0 Å². The zero-order chi connectivity index (χ0) is 10.8. The van der Waals surface area contributed by atoms with Gasteiger partial charge < -0.3 is 10.2 Å². The number of rotatable bonds is 9. The zero-order valence-electron chi connectivity index (χ0n) is 10.2. The quantitative estimate of drug-likeness (QED) is 0.596. The highest BCUT2D eigenvalue weighted by Gasteiger charge is 1.98. The van der Waals surface area contributed by atoms with Gasteiger partial charge >= 0.3 is 0 Å². The summed E-state index contributed by atoms with van der Waals surface area (Å²) in [5.74, 6) is 2.55. The Hall–Kier alpha value is 0.270. The summed E-state index contributed by atoms with van der Waals surface area (Å²) in [6.07, 6.45) is 1.32. The van der Waals surface area contributed by atoms with E-state index in [1.54, 1.807) is 0 Å². The summed E-state index contributed by atoms with van der Waals surface area (Å²) in [4.78, 5) is 2.41. The Balaban J connectivity index is 3.15. The summed E-state index contributed by atoms with van der Waals surface area (Å²) in [6.45, 7) is 10.1. The van der Waals surface area contributed by atoms with Crippen molar-refractivity contribution in [1.82, 2.24) is 10.2 Å². The van der Waals surface area contributed by atoms with Gasteiger partial charge in [-0.25, -0.2) is 0 Å². The molecule has 0 aromatic rings. The van der Waals surface area contributed by atoms with Gasteiger partial charge in [0.1, 0.15) is 0 Å². The van der Waals surface area contributed by atoms with Crippen molar-refractivity contribution in [3.8, 4) is 0 Å². The van der Waals surface area contributed by atoms with Crippen LogP contribution in [0.15, 0.2) is 0 Å². The lowest BCUT2D eigenvalue weighted by molar-refractivity contribution is 0.328. The van der Waals surface area contributed by atoms with Gasteiger partial charge in [0, 0.05) is 19.1 Å². The van der Waals surface area contributed by atoms with Gasteiger partial charge in [0.15, 0.2) is 0 Å². The van der Waals surface area contributed by atoms with Gasteiger partial charge in [0.2, 0.25) is 0 Å². The van der Waals surface area contributed by atoms with Crippen molar-refractivity contribution in [3.63, 3.8) is 0 Å². The first-order chi connectivity index (χ1) is 6.66. The van der Waals surface area contributed by atoms with Crippen molar-refractivity contribution >= 4 is 11.8 Å². The lowest BCUT2D eigenvalue weighted by Gasteiger charge is -2.17. The predicted molar refractivity (Wildman–Crippen MR) is 68.3 cm³/mol. The Kier molecular flexibility index (Phi) is 10.0. The molecule has 0 spiro atoms. The second-order valence-corrected chi connectivity index (χ2v) is 5.36. The average Bonchev–Trinajstić information content (AvgIpc) is 2.12. The molecule has 0 fully saturated rings. The van der Waals surface area contributed by atoms with E-state index in [0.29, 0.717) is 6.04 Å². The topological polar surface area (TPSA) is 15.3 Å². The smallest absolute Gasteiger partial charge is 0.0104 e. The zero-order valence-corrected chi connectivity index (χ0v) is 11.0. The second-order valence-electron chi connectivity index (χ2n) is 3.96. The van der Waals surface area contributed by atoms with Crippen molar-refractivity contribution in [1.29, 1.82) is 0 Å². The van der Waals surface area contributed by atoms with Crippen LogP contribution in [0.1, 0.15) is 27.2 Å². The van der Waals surface area contributed by atoms with Gasteiger partial charge in [0.05, 0.1) is 0 Å². The van der Waals surface area contributed by atoms with Crippen LogP contribution >= 0.6 is 11.8 Å². The molecule has 0 saturated heterocycles. The van der Waals surface area contributed by atoms with E-state index >= 15 is 0 Å². The third kappa shape index (κ3) is 10.4. The Bertz CT molecular complexity index is 118. The minimum absolute atomic E-state index is 0.610. The van der Waals surface area contributed by atoms with Gasteiger partial charge in [-0.2, -0.15) is 11.8 Å². The molecule has 1 N–H and O–H groups in total. The highest BCUT2D eigenvalue weighted by Crippen LogP contribution is 2.01. The van der Waals surface area contributed by atoms with Crippen LogP contribution in [0.25, 0.3) is 0 Å². The number of hydrogen-bond acceptors (Lipinski definition) is 3. The molecule has 0 aromatic heterocycles. The summed E-state index contributed by atoms with van der Waals surface area (Å²) < 4.78 is 0. The fourth-order valence-corrected chi connectivity index (χ4v) is 1.86. The average molecular weight is 218 g/mol. The van der Waals surface area contributed by atoms with Crippen LogP contribution in [-0.4, -0.2) is 49.1 Å². The minimum Gasteiger partial charge on any atom is -0.313 e. The third-order valence-corrected chi connectivity index (χ3v) is 3.06. The molecule has 0 saturated carbocycles. The fourth-order valence-electron chi connectivity index (χ4n) is 1.24. The number of nitrogens with zero attached hydrogens (tertiary/aromatic N) is 1. The van der Waals surface area contributed by atoms with Crippen molar-refractivity contribution < 1.29 is 0 Å². The van der Waals surface area contributed by atoms with Crippen LogP contribution in [0.5, 0.6) is 0 Å². The summed E-state index contributed by atoms with van der Waals surface area (Å²) >= 11 is 2.04. The van der Waals surface area contributed by atoms with Crippen LogP contribution in [0.4, 0.5) is 0 Å². The first-order valence-electron chi connectivity index (χ1n) is 5.66. The van der Waals surface area contributed by atoms with Crippen molar-refractivity contribution in [2.24, 2.45) is 0 Å². The molecule has 0 unspecified atom stereocenters. The molecule has 2 nitrogen and oxygen atoms in total. The fraction of sp³-hybridized carbons (Fsp3) is 1.00. The van der Waals surface area contributed by atoms with E-state index in [0.717, 1.165) is 13.1 Å². The Morgan fingerprint density at radius 3 is 2.57 bits per heavy atom. The summed E-state index contributed by atoms with van der Waals surface area (Å²) in [6, 6.07) is 0.610. The van der Waals surface area contributed by atoms with Crippen LogP contribution in [-0.2, 0) is 0 Å². The molecule has 0 atom stereocenters. The van der Waals surface area contributed by atoms with Gasteiger partial charge in [-0.3, -0.25) is 0 Å². The largest absolute Gasteiger partial charge is 0.313 e. The lowest BCUT2D eigenvalue weighted by Crippen LogP contribution is -2.33. The van der Waals surface area contributed by atoms with E-state index in [4.69, 9.17) is 0 Å². The summed E-state index contributed by atoms with van der Waals surface area (Å²) in [5, 5.41) is 3.43. The highest BCUT2D eigenvalue weighted by molar-refractivity contribution is 7.99. The molecule has 0 radical (unpaired) electrons. The van der Waals surface area contributed by atoms with E-state index in [9.17, 15) is 0 Å². The van der Waals surface area contributed by atoms with Crippen LogP contribution in [0.3, 0.4) is 0 Å². The second kappa shape index (κ2) is 9.81. The number of likely N-dealkylation sites (N-methyl/N-ethyl adjacent to an activating group) is 1. The van der Waals surface area contributed by atoms with Crippen molar-refractivity contribution in [2.75, 3.05) is 38.2 Å². The molecule has 0 aliphatic heterocycles. The maximum Gasteiger partial charge on any atom is 0.0104 e. The summed E-state index contributed by atoms with van der Waals surface area (Å²) in [7, 11) is 2.21. The molecule has 0 bridgehead atoms. The van der Waals surface area contributed by atoms with E-state index in [2.05, 4.69) is 38.0 Å². The number of hydrogen-bond donors (Lipinski definition) is 1. The van der Waals surface area contributed by atoms with Crippen LogP contribution < -0.4 is 5.32 Å². The molecular weight excluding hydrogens is 192 g/mol. The molecule has 0 amide bonds. The Morgan fingerprint density at radius 2 is 2.00 bits per heavy atom. The highest BCUT2D eigenvalue weighted by atomic mass is 32.2. The van der Waals surface area contributed by atoms with E-state index < -0.39 is 0 Å². The van der Waals surface area contributed by atoms with Gasteiger partial charge in [-0.05, 0) is 31.5 Å². The molecule has 0 aromatic carbocycles. The van der Waals surface area contributed by atoms with Gasteiger partial charge in [0.25, 0.3) is 0 Å². The molecule has 0 heterocycles. The standard InChI is InChI=1S/C11H26N2S/c1-5-14-10-6-8-13(4)9-7-12-11(2)3/h11-12H,5-10H2,1-4H3. The van der Waals surface area contributed by atoms with E-state index in [1.807, 2.05) is 11.8 Å². The molecule has 0 aliphatic carbocycles.